The molecule has 2 aromatic carbocycles. The van der Waals surface area contributed by atoms with E-state index < -0.39 is 11.1 Å². The summed E-state index contributed by atoms with van der Waals surface area (Å²) in [5, 5.41) is 6.74. The van der Waals surface area contributed by atoms with Gasteiger partial charge in [0.25, 0.3) is 0 Å². The SMILES string of the molecule is Cc1cc2nccn2cc1-c1nc2n(c1-c1ccc(C3(NC(=O)OC(C)(C)C)CCC3)cc1)-c1cccnc1Nc1ccccc1-2. The Morgan fingerprint density at radius 1 is 0.978 bits per heavy atom. The molecule has 6 aromatic rings. The highest BCUT2D eigenvalue weighted by atomic mass is 16.6. The highest BCUT2D eigenvalue weighted by Crippen LogP contribution is 2.46. The van der Waals surface area contributed by atoms with E-state index in [-0.39, 0.29) is 6.09 Å². The third-order valence-electron chi connectivity index (χ3n) is 8.98. The van der Waals surface area contributed by atoms with Gasteiger partial charge in [0, 0.05) is 41.5 Å². The molecule has 1 aliphatic heterocycles. The Morgan fingerprint density at radius 2 is 1.78 bits per heavy atom. The van der Waals surface area contributed by atoms with Crippen molar-refractivity contribution >= 4 is 23.2 Å². The molecule has 1 aliphatic carbocycles. The van der Waals surface area contributed by atoms with Crippen LogP contribution in [0.4, 0.5) is 16.3 Å². The van der Waals surface area contributed by atoms with E-state index in [2.05, 4.69) is 81.8 Å². The van der Waals surface area contributed by atoms with Crippen LogP contribution in [0.1, 0.15) is 51.2 Å². The maximum Gasteiger partial charge on any atom is 0.408 e. The Kier molecular flexibility index (Phi) is 6.29. The number of para-hydroxylation sites is 1. The van der Waals surface area contributed by atoms with Crippen LogP contribution in [-0.4, -0.2) is 35.6 Å². The Hall–Kier alpha value is -5.44. The molecule has 0 atom stereocenters. The van der Waals surface area contributed by atoms with E-state index in [0.717, 1.165) is 87.1 Å². The standard InChI is InChI=1S/C37H35N7O2/c1-23-21-30-38-19-20-43(30)22-27(23)31-32(24-12-14-25(15-13-24)37(16-8-17-37)42-35(45)46-36(2,3)4)44-29-11-7-18-39-33(29)40-28-10-6-5-9-26(28)34(44)41-31/h5-7,9-15,18-22H,8,16-17H2,1-4H3,(H,39,40)(H,42,45). The first-order valence-electron chi connectivity index (χ1n) is 15.7. The fourth-order valence-corrected chi connectivity index (χ4v) is 6.65. The summed E-state index contributed by atoms with van der Waals surface area (Å²) < 4.78 is 9.89. The number of alkyl carbamates (subject to hydrolysis) is 1. The average molecular weight is 610 g/mol. The second-order valence-electron chi connectivity index (χ2n) is 13.2. The molecule has 8 rings (SSSR count). The van der Waals surface area contributed by atoms with Crippen molar-refractivity contribution < 1.29 is 9.53 Å². The first-order valence-corrected chi connectivity index (χ1v) is 15.7. The largest absolute Gasteiger partial charge is 0.444 e. The van der Waals surface area contributed by atoms with Crippen LogP contribution in [0.15, 0.2) is 91.5 Å². The summed E-state index contributed by atoms with van der Waals surface area (Å²) >= 11 is 0. The molecular weight excluding hydrogens is 574 g/mol. The summed E-state index contributed by atoms with van der Waals surface area (Å²) in [4.78, 5) is 27.5. The van der Waals surface area contributed by atoms with Gasteiger partial charge in [0.1, 0.15) is 17.1 Å². The van der Waals surface area contributed by atoms with E-state index in [1.807, 2.05) is 55.8 Å². The minimum absolute atomic E-state index is 0.389. The molecule has 46 heavy (non-hydrogen) atoms. The Labute approximate surface area is 267 Å². The number of hydrogen-bond donors (Lipinski definition) is 2. The molecule has 2 N–H and O–H groups in total. The first-order chi connectivity index (χ1) is 22.2. The van der Waals surface area contributed by atoms with E-state index in [1.165, 1.54) is 0 Å². The molecule has 2 aliphatic rings. The van der Waals surface area contributed by atoms with E-state index in [0.29, 0.717) is 0 Å². The molecule has 0 radical (unpaired) electrons. The summed E-state index contributed by atoms with van der Waals surface area (Å²) in [6.45, 7) is 7.76. The number of anilines is 2. The van der Waals surface area contributed by atoms with Gasteiger partial charge >= 0.3 is 6.09 Å². The summed E-state index contributed by atoms with van der Waals surface area (Å²) in [6.07, 6.45) is 10.1. The van der Waals surface area contributed by atoms with Crippen molar-refractivity contribution in [1.82, 2.24) is 29.2 Å². The van der Waals surface area contributed by atoms with Crippen LogP contribution in [0.3, 0.4) is 0 Å². The molecule has 9 heteroatoms. The zero-order chi connectivity index (χ0) is 31.6. The van der Waals surface area contributed by atoms with E-state index in [1.54, 1.807) is 6.20 Å². The number of carbonyl (C=O) groups excluding carboxylic acids is 1. The first kappa shape index (κ1) is 28.1. The summed E-state index contributed by atoms with van der Waals surface area (Å²) in [6, 6.07) is 22.9. The molecule has 0 unspecified atom stereocenters. The minimum Gasteiger partial charge on any atom is -0.444 e. The van der Waals surface area contributed by atoms with Gasteiger partial charge in [-0.3, -0.25) is 4.57 Å². The lowest BCUT2D eigenvalue weighted by Crippen LogP contribution is -2.52. The molecule has 9 nitrogen and oxygen atoms in total. The Morgan fingerprint density at radius 3 is 2.54 bits per heavy atom. The van der Waals surface area contributed by atoms with Crippen LogP contribution in [0.5, 0.6) is 0 Å². The Balaban J connectivity index is 1.33. The number of fused-ring (bicyclic) bond motifs is 6. The highest BCUT2D eigenvalue weighted by molar-refractivity contribution is 5.91. The molecule has 0 bridgehead atoms. The molecule has 1 saturated carbocycles. The van der Waals surface area contributed by atoms with Crippen molar-refractivity contribution in [2.75, 3.05) is 5.32 Å². The van der Waals surface area contributed by atoms with Crippen LogP contribution < -0.4 is 10.6 Å². The molecule has 5 heterocycles. The Bertz CT molecular complexity index is 2130. The molecular formula is C37H35N7O2. The number of imidazole rings is 2. The lowest BCUT2D eigenvalue weighted by molar-refractivity contribution is 0.0377. The predicted molar refractivity (Wildman–Crippen MR) is 179 cm³/mol. The van der Waals surface area contributed by atoms with E-state index >= 15 is 0 Å². The van der Waals surface area contributed by atoms with Gasteiger partial charge in [0.15, 0.2) is 5.82 Å². The maximum atomic E-state index is 12.8. The van der Waals surface area contributed by atoms with Gasteiger partial charge in [-0.05, 0) is 88.4 Å². The van der Waals surface area contributed by atoms with Crippen LogP contribution in [0.25, 0.3) is 45.2 Å². The van der Waals surface area contributed by atoms with Crippen molar-refractivity contribution in [3.05, 3.63) is 103 Å². The molecule has 0 spiro atoms. The van der Waals surface area contributed by atoms with Crippen LogP contribution in [0, 0.1) is 6.92 Å². The normalized spacial score (nSPS) is 14.7. The number of nitrogens with one attached hydrogen (secondary N) is 2. The number of aryl methyl sites for hydroxylation is 1. The third-order valence-corrected chi connectivity index (χ3v) is 8.98. The van der Waals surface area contributed by atoms with Crippen molar-refractivity contribution in [2.24, 2.45) is 0 Å². The van der Waals surface area contributed by atoms with Gasteiger partial charge in [0.2, 0.25) is 0 Å². The fourth-order valence-electron chi connectivity index (χ4n) is 6.65. The van der Waals surface area contributed by atoms with Gasteiger partial charge in [-0.1, -0.05) is 36.4 Å². The third kappa shape index (κ3) is 4.62. The van der Waals surface area contributed by atoms with Crippen molar-refractivity contribution in [3.63, 3.8) is 0 Å². The molecule has 4 aromatic heterocycles. The van der Waals surface area contributed by atoms with Crippen molar-refractivity contribution in [3.8, 4) is 39.6 Å². The van der Waals surface area contributed by atoms with E-state index in [9.17, 15) is 4.79 Å². The molecule has 230 valence electrons. The predicted octanol–water partition coefficient (Wildman–Crippen LogP) is 8.19. The molecule has 1 amide bonds. The minimum atomic E-state index is -0.564. The monoisotopic (exact) mass is 609 g/mol. The smallest absolute Gasteiger partial charge is 0.408 e. The lowest BCUT2D eigenvalue weighted by atomic mass is 9.71. The number of aromatic nitrogens is 5. The topological polar surface area (TPSA) is 98.4 Å². The molecule has 1 fully saturated rings. The summed E-state index contributed by atoms with van der Waals surface area (Å²) in [5.74, 6) is 1.59. The van der Waals surface area contributed by atoms with Crippen LogP contribution >= 0.6 is 0 Å². The van der Waals surface area contributed by atoms with Crippen molar-refractivity contribution in [2.45, 2.75) is 58.1 Å². The summed E-state index contributed by atoms with van der Waals surface area (Å²) in [5.41, 5.74) is 8.72. The average Bonchev–Trinajstić information content (AvgIpc) is 3.59. The molecule has 0 saturated heterocycles. The van der Waals surface area contributed by atoms with Gasteiger partial charge < -0.3 is 19.8 Å². The number of hydrogen-bond acceptors (Lipinski definition) is 6. The number of benzene rings is 2. The van der Waals surface area contributed by atoms with Gasteiger partial charge in [-0.15, -0.1) is 0 Å². The van der Waals surface area contributed by atoms with Gasteiger partial charge in [-0.25, -0.2) is 19.7 Å². The van der Waals surface area contributed by atoms with Crippen LogP contribution in [0.2, 0.25) is 0 Å². The second-order valence-corrected chi connectivity index (χ2v) is 13.2. The quantitative estimate of drug-likeness (QED) is 0.209. The fraction of sp³-hybridized carbons (Fsp3) is 0.243. The van der Waals surface area contributed by atoms with Gasteiger partial charge in [0.05, 0.1) is 28.3 Å². The zero-order valence-electron chi connectivity index (χ0n) is 26.3. The zero-order valence-corrected chi connectivity index (χ0v) is 26.3. The maximum absolute atomic E-state index is 12.8. The second kappa shape index (κ2) is 10.3. The van der Waals surface area contributed by atoms with Crippen LogP contribution in [-0.2, 0) is 10.3 Å². The lowest BCUT2D eigenvalue weighted by Gasteiger charge is -2.43. The number of ether oxygens (including phenoxy) is 1. The number of nitrogens with zero attached hydrogens (tertiary/aromatic N) is 5. The highest BCUT2D eigenvalue weighted by Gasteiger charge is 2.41. The number of carbonyl (C=O) groups is 1. The summed E-state index contributed by atoms with van der Waals surface area (Å²) in [7, 11) is 0. The van der Waals surface area contributed by atoms with Crippen molar-refractivity contribution in [1.29, 1.82) is 0 Å². The number of rotatable bonds is 4. The van der Waals surface area contributed by atoms with Gasteiger partial charge in [-0.2, -0.15) is 0 Å². The number of pyridine rings is 2. The van der Waals surface area contributed by atoms with E-state index in [4.69, 9.17) is 14.7 Å². The number of amides is 1.